The number of hydrogen-bond acceptors (Lipinski definition) is 4. The van der Waals surface area contributed by atoms with Gasteiger partial charge < -0.3 is 8.98 Å². The lowest BCUT2D eigenvalue weighted by Crippen LogP contribution is -2.00. The lowest BCUT2D eigenvalue weighted by Gasteiger charge is -2.10. The van der Waals surface area contributed by atoms with Crippen LogP contribution in [0.3, 0.4) is 0 Å². The van der Waals surface area contributed by atoms with Gasteiger partial charge in [-0.2, -0.15) is 0 Å². The minimum atomic E-state index is 0.560. The summed E-state index contributed by atoms with van der Waals surface area (Å²) in [4.78, 5) is 15.1. The molecule has 10 aromatic rings. The van der Waals surface area contributed by atoms with E-state index in [4.69, 9.17) is 19.4 Å². The summed E-state index contributed by atoms with van der Waals surface area (Å²) >= 11 is 0. The number of nitrogens with zero attached hydrogens (tertiary/aromatic N) is 4. The van der Waals surface area contributed by atoms with Gasteiger partial charge in [0.1, 0.15) is 11.2 Å². The van der Waals surface area contributed by atoms with Gasteiger partial charge in [0.2, 0.25) is 0 Å². The molecule has 0 aliphatic heterocycles. The van der Waals surface area contributed by atoms with E-state index in [9.17, 15) is 0 Å². The number of rotatable bonds is 5. The van der Waals surface area contributed by atoms with E-state index in [-0.39, 0.29) is 0 Å². The topological polar surface area (TPSA) is 56.7 Å². The van der Waals surface area contributed by atoms with Crippen LogP contribution in [0.1, 0.15) is 0 Å². The zero-order chi connectivity index (χ0) is 33.0. The fourth-order valence-corrected chi connectivity index (χ4v) is 7.16. The van der Waals surface area contributed by atoms with Gasteiger partial charge in [-0.25, -0.2) is 15.0 Å². The third-order valence-electron chi connectivity index (χ3n) is 9.45. The summed E-state index contributed by atoms with van der Waals surface area (Å²) in [5, 5.41) is 4.37. The van der Waals surface area contributed by atoms with E-state index < -0.39 is 0 Å². The summed E-state index contributed by atoms with van der Waals surface area (Å²) in [6.07, 6.45) is 0. The molecule has 0 bridgehead atoms. The lowest BCUT2D eigenvalue weighted by atomic mass is 9.96. The maximum absolute atomic E-state index is 6.95. The molecule has 3 heterocycles. The molecule has 3 aromatic heterocycles. The first-order valence-electron chi connectivity index (χ1n) is 16.7. The van der Waals surface area contributed by atoms with Gasteiger partial charge in [-0.3, -0.25) is 0 Å². The molecule has 0 unspecified atom stereocenters. The third kappa shape index (κ3) is 4.52. The number of para-hydroxylation sites is 2. The first-order chi connectivity index (χ1) is 24.8. The molecular formula is C45H28N4O. The average molecular weight is 641 g/mol. The summed E-state index contributed by atoms with van der Waals surface area (Å²) < 4.78 is 9.30. The average Bonchev–Trinajstić information content (AvgIpc) is 3.73. The molecule has 0 spiro atoms. The van der Waals surface area contributed by atoms with Crippen LogP contribution in [0.4, 0.5) is 0 Å². The van der Waals surface area contributed by atoms with Crippen molar-refractivity contribution in [2.24, 2.45) is 0 Å². The molecule has 0 fully saturated rings. The summed E-state index contributed by atoms with van der Waals surface area (Å²) in [5.74, 6) is 1.78. The zero-order valence-electron chi connectivity index (χ0n) is 26.9. The highest BCUT2D eigenvalue weighted by Crippen LogP contribution is 2.44. The molecule has 0 aliphatic rings. The van der Waals surface area contributed by atoms with Crippen LogP contribution in [0, 0.1) is 0 Å². The fraction of sp³-hybridized carbons (Fsp3) is 0. The third-order valence-corrected chi connectivity index (χ3v) is 9.45. The van der Waals surface area contributed by atoms with Crippen LogP contribution in [-0.4, -0.2) is 19.5 Å². The van der Waals surface area contributed by atoms with Crippen LogP contribution in [0.2, 0.25) is 0 Å². The molecular weight excluding hydrogens is 613 g/mol. The van der Waals surface area contributed by atoms with Crippen molar-refractivity contribution in [2.75, 3.05) is 0 Å². The molecule has 234 valence electrons. The molecule has 0 radical (unpaired) electrons. The standard InChI is InChI=1S/C45H28N4O/c1-5-15-29(16-6-1)33-25-26-35(45-47-43(30-17-7-2-8-18-30)46-44(48-45)31-19-9-3-10-20-31)42-41(33)37-27-39-36(28-40(37)50-42)34-23-13-14-24-38(34)49(39)32-21-11-4-12-22-32/h1-28H. The predicted molar refractivity (Wildman–Crippen MR) is 203 cm³/mol. The Kier molecular flexibility index (Phi) is 6.42. The van der Waals surface area contributed by atoms with E-state index in [1.807, 2.05) is 66.7 Å². The number of hydrogen-bond donors (Lipinski definition) is 0. The monoisotopic (exact) mass is 640 g/mol. The van der Waals surface area contributed by atoms with Gasteiger partial charge in [-0.1, -0.05) is 133 Å². The number of furan rings is 1. The normalized spacial score (nSPS) is 11.6. The molecule has 7 aromatic carbocycles. The molecule has 0 N–H and O–H groups in total. The molecule has 5 nitrogen and oxygen atoms in total. The Morgan fingerprint density at radius 2 is 0.940 bits per heavy atom. The zero-order valence-corrected chi connectivity index (χ0v) is 26.9. The van der Waals surface area contributed by atoms with Crippen LogP contribution in [0.25, 0.3) is 94.7 Å². The van der Waals surface area contributed by atoms with Gasteiger partial charge >= 0.3 is 0 Å². The quantitative estimate of drug-likeness (QED) is 0.188. The van der Waals surface area contributed by atoms with Crippen molar-refractivity contribution in [3.05, 3.63) is 170 Å². The van der Waals surface area contributed by atoms with E-state index in [0.717, 1.165) is 71.9 Å². The molecule has 0 aliphatic carbocycles. The lowest BCUT2D eigenvalue weighted by molar-refractivity contribution is 0.670. The minimum Gasteiger partial charge on any atom is -0.455 e. The van der Waals surface area contributed by atoms with Gasteiger partial charge in [-0.15, -0.1) is 0 Å². The van der Waals surface area contributed by atoms with E-state index in [0.29, 0.717) is 17.5 Å². The molecule has 0 atom stereocenters. The van der Waals surface area contributed by atoms with Gasteiger partial charge in [0.25, 0.3) is 0 Å². The molecule has 0 amide bonds. The van der Waals surface area contributed by atoms with Crippen LogP contribution in [0.5, 0.6) is 0 Å². The Morgan fingerprint density at radius 3 is 1.60 bits per heavy atom. The Morgan fingerprint density at radius 1 is 0.400 bits per heavy atom. The number of fused-ring (bicyclic) bond motifs is 6. The van der Waals surface area contributed by atoms with E-state index >= 15 is 0 Å². The van der Waals surface area contributed by atoms with Gasteiger partial charge in [0, 0.05) is 38.4 Å². The van der Waals surface area contributed by atoms with Crippen molar-refractivity contribution >= 4 is 43.7 Å². The van der Waals surface area contributed by atoms with Crippen molar-refractivity contribution in [1.82, 2.24) is 19.5 Å². The Balaban J connectivity index is 1.30. The number of benzene rings is 7. The Bertz CT molecular complexity index is 2780. The highest BCUT2D eigenvalue weighted by molar-refractivity contribution is 6.21. The summed E-state index contributed by atoms with van der Waals surface area (Å²) in [7, 11) is 0. The van der Waals surface area contributed by atoms with Gasteiger partial charge in [-0.05, 0) is 47.5 Å². The van der Waals surface area contributed by atoms with Crippen molar-refractivity contribution in [2.45, 2.75) is 0 Å². The molecule has 10 rings (SSSR count). The summed E-state index contributed by atoms with van der Waals surface area (Å²) in [6, 6.07) is 58.5. The summed E-state index contributed by atoms with van der Waals surface area (Å²) in [6.45, 7) is 0. The Hall–Kier alpha value is -6.85. The van der Waals surface area contributed by atoms with Crippen LogP contribution in [-0.2, 0) is 0 Å². The largest absolute Gasteiger partial charge is 0.455 e. The van der Waals surface area contributed by atoms with Crippen molar-refractivity contribution in [3.63, 3.8) is 0 Å². The fourth-order valence-electron chi connectivity index (χ4n) is 7.16. The minimum absolute atomic E-state index is 0.560. The highest BCUT2D eigenvalue weighted by atomic mass is 16.3. The molecule has 0 saturated heterocycles. The van der Waals surface area contributed by atoms with E-state index in [2.05, 4.69) is 108 Å². The van der Waals surface area contributed by atoms with Crippen molar-refractivity contribution in [3.8, 4) is 51.0 Å². The number of aromatic nitrogens is 4. The Labute approximate surface area is 287 Å². The maximum atomic E-state index is 6.95. The summed E-state index contributed by atoms with van der Waals surface area (Å²) in [5.41, 5.74) is 9.80. The van der Waals surface area contributed by atoms with E-state index in [1.54, 1.807) is 0 Å². The second kappa shape index (κ2) is 11.4. The first kappa shape index (κ1) is 28.2. The van der Waals surface area contributed by atoms with Crippen LogP contribution in [0.15, 0.2) is 174 Å². The second-order valence-corrected chi connectivity index (χ2v) is 12.4. The van der Waals surface area contributed by atoms with E-state index in [1.165, 1.54) is 5.39 Å². The predicted octanol–water partition coefficient (Wildman–Crippen LogP) is 11.5. The highest BCUT2D eigenvalue weighted by Gasteiger charge is 2.23. The second-order valence-electron chi connectivity index (χ2n) is 12.4. The molecule has 50 heavy (non-hydrogen) atoms. The maximum Gasteiger partial charge on any atom is 0.167 e. The van der Waals surface area contributed by atoms with Crippen LogP contribution < -0.4 is 0 Å². The van der Waals surface area contributed by atoms with Crippen molar-refractivity contribution in [1.29, 1.82) is 0 Å². The van der Waals surface area contributed by atoms with Gasteiger partial charge in [0.05, 0.1) is 16.6 Å². The molecule has 5 heteroatoms. The smallest absolute Gasteiger partial charge is 0.167 e. The van der Waals surface area contributed by atoms with Crippen LogP contribution >= 0.6 is 0 Å². The first-order valence-corrected chi connectivity index (χ1v) is 16.7. The van der Waals surface area contributed by atoms with Gasteiger partial charge in [0.15, 0.2) is 17.5 Å². The van der Waals surface area contributed by atoms with Crippen molar-refractivity contribution < 1.29 is 4.42 Å². The SMILES string of the molecule is c1ccc(-c2nc(-c3ccccc3)nc(-c3ccc(-c4ccccc4)c4c3oc3cc5c6ccccc6n(-c6ccccc6)c5cc34)n2)cc1. The molecule has 0 saturated carbocycles.